The zero-order chi connectivity index (χ0) is 17.4. The molecule has 2 N–H and O–H groups in total. The van der Waals surface area contributed by atoms with Crippen LogP contribution in [0, 0.1) is 11.3 Å². The molecule has 4 nitrogen and oxygen atoms in total. The SMILES string of the molecule is CC(C)N/C=C(/C#N)C(=O)Nc1ccccc1Sc1ccccc1. The first-order chi connectivity index (χ1) is 11.6. The largest absolute Gasteiger partial charge is 0.387 e. The predicted octanol–water partition coefficient (Wildman–Crippen LogP) is 4.18. The molecule has 0 fully saturated rings. The molecule has 0 aromatic heterocycles. The lowest BCUT2D eigenvalue weighted by Crippen LogP contribution is -2.20. The Bertz CT molecular complexity index is 764. The van der Waals surface area contributed by atoms with Crippen molar-refractivity contribution in [2.75, 3.05) is 5.32 Å². The van der Waals surface area contributed by atoms with E-state index in [0.717, 1.165) is 9.79 Å². The maximum atomic E-state index is 12.3. The van der Waals surface area contributed by atoms with E-state index < -0.39 is 5.91 Å². The van der Waals surface area contributed by atoms with Crippen molar-refractivity contribution in [3.63, 3.8) is 0 Å². The van der Waals surface area contributed by atoms with Gasteiger partial charge in [0.1, 0.15) is 11.6 Å². The van der Waals surface area contributed by atoms with Crippen molar-refractivity contribution in [1.82, 2.24) is 5.32 Å². The number of benzene rings is 2. The summed E-state index contributed by atoms with van der Waals surface area (Å²) in [5, 5.41) is 14.9. The van der Waals surface area contributed by atoms with Gasteiger partial charge in [0.15, 0.2) is 0 Å². The Kier molecular flexibility index (Phi) is 6.47. The zero-order valence-corrected chi connectivity index (χ0v) is 14.4. The lowest BCUT2D eigenvalue weighted by molar-refractivity contribution is -0.112. The van der Waals surface area contributed by atoms with Gasteiger partial charge in [0.25, 0.3) is 5.91 Å². The minimum atomic E-state index is -0.424. The first-order valence-electron chi connectivity index (χ1n) is 7.59. The number of hydrogen-bond acceptors (Lipinski definition) is 4. The second-order valence-corrected chi connectivity index (χ2v) is 6.47. The van der Waals surface area contributed by atoms with Gasteiger partial charge in [0.05, 0.1) is 5.69 Å². The van der Waals surface area contributed by atoms with Crippen LogP contribution in [0.5, 0.6) is 0 Å². The minimum Gasteiger partial charge on any atom is -0.387 e. The van der Waals surface area contributed by atoms with Gasteiger partial charge < -0.3 is 10.6 Å². The molecule has 24 heavy (non-hydrogen) atoms. The highest BCUT2D eigenvalue weighted by atomic mass is 32.2. The Labute approximate surface area is 146 Å². The van der Waals surface area contributed by atoms with Crippen molar-refractivity contribution in [1.29, 1.82) is 5.26 Å². The van der Waals surface area contributed by atoms with E-state index in [1.54, 1.807) is 11.8 Å². The lowest BCUT2D eigenvalue weighted by Gasteiger charge is -2.11. The Morgan fingerprint density at radius 1 is 1.12 bits per heavy atom. The Morgan fingerprint density at radius 2 is 1.79 bits per heavy atom. The number of para-hydroxylation sites is 1. The first kappa shape index (κ1) is 17.6. The molecule has 0 heterocycles. The molecule has 1 amide bonds. The van der Waals surface area contributed by atoms with E-state index in [2.05, 4.69) is 10.6 Å². The normalized spacial score (nSPS) is 11.0. The van der Waals surface area contributed by atoms with Crippen LogP contribution < -0.4 is 10.6 Å². The monoisotopic (exact) mass is 337 g/mol. The molecule has 122 valence electrons. The number of rotatable bonds is 6. The topological polar surface area (TPSA) is 64.9 Å². The fraction of sp³-hybridized carbons (Fsp3) is 0.158. The third kappa shape index (κ3) is 5.18. The van der Waals surface area contributed by atoms with Gasteiger partial charge in [-0.15, -0.1) is 0 Å². The molecule has 0 radical (unpaired) electrons. The number of carbonyl (C=O) groups excluding carboxylic acids is 1. The molecule has 0 aliphatic rings. The van der Waals surface area contributed by atoms with E-state index in [9.17, 15) is 4.79 Å². The molecule has 2 aromatic rings. The van der Waals surface area contributed by atoms with E-state index in [0.29, 0.717) is 5.69 Å². The van der Waals surface area contributed by atoms with E-state index in [1.165, 1.54) is 6.20 Å². The van der Waals surface area contributed by atoms with Crippen LogP contribution in [0.2, 0.25) is 0 Å². The molecule has 0 spiro atoms. The number of carbonyl (C=O) groups is 1. The summed E-state index contributed by atoms with van der Waals surface area (Å²) in [6.07, 6.45) is 1.45. The zero-order valence-electron chi connectivity index (χ0n) is 13.6. The van der Waals surface area contributed by atoms with Crippen LogP contribution in [0.3, 0.4) is 0 Å². The van der Waals surface area contributed by atoms with Gasteiger partial charge in [-0.1, -0.05) is 42.1 Å². The number of nitrogens with zero attached hydrogens (tertiary/aromatic N) is 1. The molecular formula is C19H19N3OS. The van der Waals surface area contributed by atoms with Crippen LogP contribution in [-0.4, -0.2) is 11.9 Å². The van der Waals surface area contributed by atoms with Crippen molar-refractivity contribution in [3.05, 3.63) is 66.4 Å². The van der Waals surface area contributed by atoms with E-state index >= 15 is 0 Å². The Morgan fingerprint density at radius 3 is 2.46 bits per heavy atom. The molecule has 0 aliphatic heterocycles. The average Bonchev–Trinajstić information content (AvgIpc) is 2.58. The van der Waals surface area contributed by atoms with Crippen molar-refractivity contribution in [2.24, 2.45) is 0 Å². The van der Waals surface area contributed by atoms with Crippen LogP contribution >= 0.6 is 11.8 Å². The van der Waals surface area contributed by atoms with Crippen LogP contribution in [-0.2, 0) is 4.79 Å². The molecular weight excluding hydrogens is 318 g/mol. The molecule has 0 saturated carbocycles. The van der Waals surface area contributed by atoms with Crippen molar-refractivity contribution in [2.45, 2.75) is 29.7 Å². The first-order valence-corrected chi connectivity index (χ1v) is 8.41. The molecule has 0 aliphatic carbocycles. The summed E-state index contributed by atoms with van der Waals surface area (Å²) in [5.74, 6) is -0.424. The van der Waals surface area contributed by atoms with Gasteiger partial charge in [-0.25, -0.2) is 0 Å². The number of nitrogens with one attached hydrogen (secondary N) is 2. The molecule has 0 atom stereocenters. The number of anilines is 1. The smallest absolute Gasteiger partial charge is 0.267 e. The maximum Gasteiger partial charge on any atom is 0.267 e. The quantitative estimate of drug-likeness (QED) is 0.613. The van der Waals surface area contributed by atoms with E-state index in [1.807, 2.05) is 74.5 Å². The van der Waals surface area contributed by atoms with Crippen molar-refractivity contribution >= 4 is 23.4 Å². The second-order valence-electron chi connectivity index (χ2n) is 5.36. The molecule has 0 saturated heterocycles. The fourth-order valence-electron chi connectivity index (χ4n) is 1.86. The summed E-state index contributed by atoms with van der Waals surface area (Å²) in [4.78, 5) is 14.3. The Balaban J connectivity index is 2.16. The van der Waals surface area contributed by atoms with Gasteiger partial charge in [-0.2, -0.15) is 5.26 Å². The fourth-order valence-corrected chi connectivity index (χ4v) is 2.79. The summed E-state index contributed by atoms with van der Waals surface area (Å²) in [6.45, 7) is 3.88. The minimum absolute atomic E-state index is 0.0446. The third-order valence-electron chi connectivity index (χ3n) is 3.03. The predicted molar refractivity (Wildman–Crippen MR) is 97.6 cm³/mol. The summed E-state index contributed by atoms with van der Waals surface area (Å²) in [6, 6.07) is 19.5. The van der Waals surface area contributed by atoms with Crippen LogP contribution in [0.25, 0.3) is 0 Å². The molecule has 2 aromatic carbocycles. The van der Waals surface area contributed by atoms with Gasteiger partial charge in [0, 0.05) is 22.0 Å². The number of amides is 1. The van der Waals surface area contributed by atoms with E-state index in [-0.39, 0.29) is 11.6 Å². The summed E-state index contributed by atoms with van der Waals surface area (Å²) < 4.78 is 0. The van der Waals surface area contributed by atoms with Crippen LogP contribution in [0.4, 0.5) is 5.69 Å². The molecule has 5 heteroatoms. The van der Waals surface area contributed by atoms with Crippen LogP contribution in [0.1, 0.15) is 13.8 Å². The van der Waals surface area contributed by atoms with E-state index in [4.69, 9.17) is 5.26 Å². The van der Waals surface area contributed by atoms with Gasteiger partial charge in [-0.3, -0.25) is 4.79 Å². The van der Waals surface area contributed by atoms with Gasteiger partial charge >= 0.3 is 0 Å². The third-order valence-corrected chi connectivity index (χ3v) is 4.12. The number of hydrogen-bond donors (Lipinski definition) is 2. The average molecular weight is 337 g/mol. The number of nitriles is 1. The van der Waals surface area contributed by atoms with Crippen molar-refractivity contribution < 1.29 is 4.79 Å². The standard InChI is InChI=1S/C19H19N3OS/c1-14(2)21-13-15(12-20)19(23)22-17-10-6-7-11-18(17)24-16-8-4-3-5-9-16/h3-11,13-14,21H,1-2H3,(H,22,23)/b15-13-. The maximum absolute atomic E-state index is 12.3. The second kappa shape index (κ2) is 8.80. The molecule has 2 rings (SSSR count). The summed E-state index contributed by atoms with van der Waals surface area (Å²) in [5.41, 5.74) is 0.727. The van der Waals surface area contributed by atoms with Gasteiger partial charge in [0.2, 0.25) is 0 Å². The Hall–Kier alpha value is -2.71. The van der Waals surface area contributed by atoms with Gasteiger partial charge in [-0.05, 0) is 38.1 Å². The molecule has 0 bridgehead atoms. The van der Waals surface area contributed by atoms with Crippen LogP contribution in [0.15, 0.2) is 76.2 Å². The highest BCUT2D eigenvalue weighted by molar-refractivity contribution is 7.99. The van der Waals surface area contributed by atoms with Crippen molar-refractivity contribution in [3.8, 4) is 6.07 Å². The summed E-state index contributed by atoms with van der Waals surface area (Å²) >= 11 is 1.56. The summed E-state index contributed by atoms with van der Waals surface area (Å²) in [7, 11) is 0. The lowest BCUT2D eigenvalue weighted by atomic mass is 10.2. The molecule has 0 unspecified atom stereocenters. The highest BCUT2D eigenvalue weighted by Gasteiger charge is 2.12. The highest BCUT2D eigenvalue weighted by Crippen LogP contribution is 2.33.